The number of ether oxygens (including phenoxy) is 1. The standard InChI is InChI=1S/C13H25N3O2/c1-13(2,3)18-11(17)9-15-12(14-4)16-10-7-5-6-8-10/h10H,5-9H2,1-4H3,(H2,14,15,16). The van der Waals surface area contributed by atoms with Crippen molar-refractivity contribution < 1.29 is 9.53 Å². The first-order valence-electron chi connectivity index (χ1n) is 6.60. The number of guanidine groups is 1. The highest BCUT2D eigenvalue weighted by Crippen LogP contribution is 2.17. The minimum atomic E-state index is -0.443. The number of hydrogen-bond acceptors (Lipinski definition) is 3. The first-order valence-corrected chi connectivity index (χ1v) is 6.60. The number of aliphatic imine (C=N–C) groups is 1. The maximum Gasteiger partial charge on any atom is 0.325 e. The van der Waals surface area contributed by atoms with Crippen LogP contribution in [0.15, 0.2) is 4.99 Å². The lowest BCUT2D eigenvalue weighted by atomic mass is 10.2. The molecule has 0 aromatic heterocycles. The third-order valence-corrected chi connectivity index (χ3v) is 2.74. The highest BCUT2D eigenvalue weighted by atomic mass is 16.6. The number of nitrogens with zero attached hydrogens (tertiary/aromatic N) is 1. The van der Waals surface area contributed by atoms with Crippen molar-refractivity contribution in [1.82, 2.24) is 10.6 Å². The van der Waals surface area contributed by atoms with E-state index in [4.69, 9.17) is 4.74 Å². The van der Waals surface area contributed by atoms with Gasteiger partial charge in [0.1, 0.15) is 12.1 Å². The molecule has 5 nitrogen and oxygen atoms in total. The van der Waals surface area contributed by atoms with Gasteiger partial charge in [0.25, 0.3) is 0 Å². The zero-order chi connectivity index (χ0) is 13.6. The van der Waals surface area contributed by atoms with E-state index in [0.717, 1.165) is 0 Å². The van der Waals surface area contributed by atoms with Crippen molar-refractivity contribution >= 4 is 11.9 Å². The van der Waals surface area contributed by atoms with Gasteiger partial charge in [-0.3, -0.25) is 9.79 Å². The number of rotatable bonds is 3. The molecule has 18 heavy (non-hydrogen) atoms. The second-order valence-electron chi connectivity index (χ2n) is 5.64. The molecule has 0 aromatic rings. The predicted molar refractivity (Wildman–Crippen MR) is 72.6 cm³/mol. The largest absolute Gasteiger partial charge is 0.459 e. The average molecular weight is 255 g/mol. The molecule has 0 aliphatic heterocycles. The summed E-state index contributed by atoms with van der Waals surface area (Å²) in [7, 11) is 1.71. The number of hydrogen-bond donors (Lipinski definition) is 2. The van der Waals surface area contributed by atoms with E-state index in [-0.39, 0.29) is 12.5 Å². The zero-order valence-corrected chi connectivity index (χ0v) is 11.9. The van der Waals surface area contributed by atoms with E-state index < -0.39 is 5.60 Å². The van der Waals surface area contributed by atoms with Gasteiger partial charge in [0.05, 0.1) is 0 Å². The van der Waals surface area contributed by atoms with Crippen LogP contribution in [0.25, 0.3) is 0 Å². The van der Waals surface area contributed by atoms with Crippen LogP contribution >= 0.6 is 0 Å². The van der Waals surface area contributed by atoms with E-state index in [1.165, 1.54) is 25.7 Å². The van der Waals surface area contributed by atoms with E-state index >= 15 is 0 Å². The molecule has 1 fully saturated rings. The normalized spacial score (nSPS) is 17.7. The van der Waals surface area contributed by atoms with Crippen LogP contribution in [0.5, 0.6) is 0 Å². The summed E-state index contributed by atoms with van der Waals surface area (Å²) in [5.74, 6) is 0.407. The first-order chi connectivity index (χ1) is 8.40. The van der Waals surface area contributed by atoms with Gasteiger partial charge in [-0.15, -0.1) is 0 Å². The molecule has 5 heteroatoms. The summed E-state index contributed by atoms with van der Waals surface area (Å²) in [6.45, 7) is 5.72. The Morgan fingerprint density at radius 2 is 1.94 bits per heavy atom. The summed E-state index contributed by atoms with van der Waals surface area (Å²) in [5, 5.41) is 6.30. The van der Waals surface area contributed by atoms with Gasteiger partial charge in [0, 0.05) is 13.1 Å². The van der Waals surface area contributed by atoms with Crippen LogP contribution in [-0.2, 0) is 9.53 Å². The smallest absolute Gasteiger partial charge is 0.325 e. The molecule has 0 saturated heterocycles. The van der Waals surface area contributed by atoms with Gasteiger partial charge in [-0.05, 0) is 33.6 Å². The molecule has 1 aliphatic rings. The highest BCUT2D eigenvalue weighted by molar-refractivity contribution is 5.84. The Hall–Kier alpha value is -1.26. The van der Waals surface area contributed by atoms with E-state index in [1.807, 2.05) is 20.8 Å². The summed E-state index contributed by atoms with van der Waals surface area (Å²) in [6, 6.07) is 0.481. The third-order valence-electron chi connectivity index (χ3n) is 2.74. The van der Waals surface area contributed by atoms with Crippen molar-refractivity contribution in [1.29, 1.82) is 0 Å². The summed E-state index contributed by atoms with van der Waals surface area (Å²) < 4.78 is 5.22. The Bertz CT molecular complexity index is 302. The van der Waals surface area contributed by atoms with Gasteiger partial charge in [-0.1, -0.05) is 12.8 Å². The molecular formula is C13H25N3O2. The van der Waals surface area contributed by atoms with Crippen molar-refractivity contribution in [2.24, 2.45) is 4.99 Å². The molecule has 0 heterocycles. The number of esters is 1. The molecule has 0 radical (unpaired) electrons. The van der Waals surface area contributed by atoms with E-state index in [2.05, 4.69) is 15.6 Å². The highest BCUT2D eigenvalue weighted by Gasteiger charge is 2.18. The van der Waals surface area contributed by atoms with Crippen LogP contribution in [0.1, 0.15) is 46.5 Å². The van der Waals surface area contributed by atoms with Gasteiger partial charge in [0.2, 0.25) is 0 Å². The fourth-order valence-corrected chi connectivity index (χ4v) is 1.99. The van der Waals surface area contributed by atoms with Crippen LogP contribution in [0.2, 0.25) is 0 Å². The number of carbonyl (C=O) groups is 1. The van der Waals surface area contributed by atoms with E-state index in [1.54, 1.807) is 7.05 Å². The molecule has 0 unspecified atom stereocenters. The number of nitrogens with one attached hydrogen (secondary N) is 2. The summed E-state index contributed by atoms with van der Waals surface area (Å²) in [5.41, 5.74) is -0.443. The molecule has 0 spiro atoms. The maximum absolute atomic E-state index is 11.5. The molecule has 1 saturated carbocycles. The molecule has 0 atom stereocenters. The SMILES string of the molecule is CN=C(NCC(=O)OC(C)(C)C)NC1CCCC1. The van der Waals surface area contributed by atoms with Gasteiger partial charge < -0.3 is 15.4 Å². The Balaban J connectivity index is 2.29. The molecule has 104 valence electrons. The Kier molecular flexibility index (Phi) is 5.44. The maximum atomic E-state index is 11.5. The van der Waals surface area contributed by atoms with Gasteiger partial charge >= 0.3 is 5.97 Å². The molecule has 1 rings (SSSR count). The first kappa shape index (κ1) is 14.8. The van der Waals surface area contributed by atoms with Crippen LogP contribution in [-0.4, -0.2) is 37.2 Å². The summed E-state index contributed by atoms with van der Waals surface area (Å²) >= 11 is 0. The average Bonchev–Trinajstić information content (AvgIpc) is 2.74. The van der Waals surface area contributed by atoms with Gasteiger partial charge in [-0.2, -0.15) is 0 Å². The fraction of sp³-hybridized carbons (Fsp3) is 0.846. The van der Waals surface area contributed by atoms with Crippen molar-refractivity contribution in [2.45, 2.75) is 58.1 Å². The van der Waals surface area contributed by atoms with Crippen molar-refractivity contribution in [2.75, 3.05) is 13.6 Å². The molecule has 2 N–H and O–H groups in total. The lowest BCUT2D eigenvalue weighted by molar-refractivity contribution is -0.153. The molecular weight excluding hydrogens is 230 g/mol. The third kappa shape index (κ3) is 5.89. The van der Waals surface area contributed by atoms with E-state index in [0.29, 0.717) is 12.0 Å². The Morgan fingerprint density at radius 1 is 1.33 bits per heavy atom. The lowest BCUT2D eigenvalue weighted by Crippen LogP contribution is -2.45. The van der Waals surface area contributed by atoms with Crippen molar-refractivity contribution in [3.05, 3.63) is 0 Å². The minimum Gasteiger partial charge on any atom is -0.459 e. The second kappa shape index (κ2) is 6.61. The number of carbonyl (C=O) groups excluding carboxylic acids is 1. The van der Waals surface area contributed by atoms with E-state index in [9.17, 15) is 4.79 Å². The minimum absolute atomic E-state index is 0.143. The second-order valence-corrected chi connectivity index (χ2v) is 5.64. The Labute approximate surface area is 109 Å². The predicted octanol–water partition coefficient (Wildman–Crippen LogP) is 1.44. The quantitative estimate of drug-likeness (QED) is 0.455. The van der Waals surface area contributed by atoms with Gasteiger partial charge in [0.15, 0.2) is 5.96 Å². The molecule has 0 aromatic carbocycles. The van der Waals surface area contributed by atoms with Crippen LogP contribution in [0.3, 0.4) is 0 Å². The lowest BCUT2D eigenvalue weighted by Gasteiger charge is -2.21. The topological polar surface area (TPSA) is 62.7 Å². The fourth-order valence-electron chi connectivity index (χ4n) is 1.99. The van der Waals surface area contributed by atoms with Crippen LogP contribution < -0.4 is 10.6 Å². The van der Waals surface area contributed by atoms with Crippen LogP contribution in [0.4, 0.5) is 0 Å². The Morgan fingerprint density at radius 3 is 2.44 bits per heavy atom. The van der Waals surface area contributed by atoms with Crippen molar-refractivity contribution in [3.63, 3.8) is 0 Å². The molecule has 0 amide bonds. The molecule has 1 aliphatic carbocycles. The summed E-state index contributed by atoms with van der Waals surface area (Å²) in [6.07, 6.45) is 4.88. The monoisotopic (exact) mass is 255 g/mol. The van der Waals surface area contributed by atoms with Crippen LogP contribution in [0, 0.1) is 0 Å². The summed E-state index contributed by atoms with van der Waals surface area (Å²) in [4.78, 5) is 15.7. The van der Waals surface area contributed by atoms with Crippen molar-refractivity contribution in [3.8, 4) is 0 Å². The van der Waals surface area contributed by atoms with Gasteiger partial charge in [-0.25, -0.2) is 0 Å². The molecule has 0 bridgehead atoms. The zero-order valence-electron chi connectivity index (χ0n) is 11.9.